The fourth-order valence-electron chi connectivity index (χ4n) is 6.60. The fourth-order valence-corrected chi connectivity index (χ4v) is 6.60. The molecule has 0 unspecified atom stereocenters. The Labute approximate surface area is 259 Å². The molecule has 1 aliphatic rings. The molecule has 0 saturated heterocycles. The van der Waals surface area contributed by atoms with Crippen LogP contribution in [-0.2, 0) is 35.3 Å². The maximum absolute atomic E-state index is 14.7. The lowest BCUT2D eigenvalue weighted by Crippen LogP contribution is -2.42. The van der Waals surface area contributed by atoms with Crippen LogP contribution in [-0.4, -0.2) is 23.9 Å². The molecule has 1 aliphatic carbocycles. The third-order valence-corrected chi connectivity index (χ3v) is 8.77. The van der Waals surface area contributed by atoms with Crippen LogP contribution in [0.5, 0.6) is 0 Å². The zero-order chi connectivity index (χ0) is 30.3. The van der Waals surface area contributed by atoms with Crippen molar-refractivity contribution >= 4 is 11.9 Å². The second kappa shape index (κ2) is 13.6. The van der Waals surface area contributed by atoms with Gasteiger partial charge in [-0.2, -0.15) is 0 Å². The van der Waals surface area contributed by atoms with E-state index in [2.05, 4.69) is 71.6 Å². The number of hydrogen-bond donors (Lipinski definition) is 0. The van der Waals surface area contributed by atoms with Crippen molar-refractivity contribution in [2.24, 2.45) is 5.92 Å². The zero-order valence-electron chi connectivity index (χ0n) is 25.1. The average molecular weight is 580 g/mol. The van der Waals surface area contributed by atoms with E-state index in [1.807, 2.05) is 54.6 Å². The van der Waals surface area contributed by atoms with Gasteiger partial charge >= 0.3 is 5.97 Å². The average Bonchev–Trinajstić information content (AvgIpc) is 3.08. The third kappa shape index (κ3) is 6.50. The van der Waals surface area contributed by atoms with E-state index in [1.54, 1.807) is 12.1 Å². The van der Waals surface area contributed by atoms with E-state index in [4.69, 9.17) is 4.74 Å². The van der Waals surface area contributed by atoms with Crippen LogP contribution in [0.2, 0.25) is 0 Å². The Balaban J connectivity index is 1.37. The maximum atomic E-state index is 14.7. The van der Waals surface area contributed by atoms with Gasteiger partial charge in [-0.1, -0.05) is 121 Å². The van der Waals surface area contributed by atoms with Crippen molar-refractivity contribution < 1.29 is 14.3 Å². The first kappa shape index (κ1) is 29.1. The summed E-state index contributed by atoms with van der Waals surface area (Å²) in [7, 11) is 1.38. The van der Waals surface area contributed by atoms with Crippen LogP contribution >= 0.6 is 0 Å². The van der Waals surface area contributed by atoms with Gasteiger partial charge in [0.05, 0.1) is 25.1 Å². The highest BCUT2D eigenvalue weighted by Gasteiger charge is 2.36. The quantitative estimate of drug-likeness (QED) is 0.165. The summed E-state index contributed by atoms with van der Waals surface area (Å²) in [5.74, 6) is 0.0303. The molecule has 2 atom stereocenters. The second-order valence-electron chi connectivity index (χ2n) is 11.5. The smallest absolute Gasteiger partial charge is 0.337 e. The molecular formula is C40H37NO3. The van der Waals surface area contributed by atoms with Crippen LogP contribution in [0.4, 0.5) is 0 Å². The molecule has 0 spiro atoms. The molecule has 0 heterocycles. The van der Waals surface area contributed by atoms with Gasteiger partial charge in [0, 0.05) is 6.54 Å². The number of fused-ring (bicyclic) bond motifs is 1. The molecule has 0 radical (unpaired) electrons. The van der Waals surface area contributed by atoms with E-state index >= 15 is 0 Å². The molecule has 5 aromatic rings. The predicted molar refractivity (Wildman–Crippen MR) is 175 cm³/mol. The lowest BCUT2D eigenvalue weighted by Gasteiger charge is -2.42. The molecule has 4 heteroatoms. The lowest BCUT2D eigenvalue weighted by molar-refractivity contribution is -0.135. The first-order valence-electron chi connectivity index (χ1n) is 15.3. The van der Waals surface area contributed by atoms with Gasteiger partial charge in [0.1, 0.15) is 0 Å². The molecular weight excluding hydrogens is 542 g/mol. The second-order valence-corrected chi connectivity index (χ2v) is 11.5. The van der Waals surface area contributed by atoms with Gasteiger partial charge in [-0.3, -0.25) is 4.79 Å². The molecule has 0 bridgehead atoms. The molecule has 220 valence electrons. The molecule has 0 fully saturated rings. The number of benzene rings is 5. The molecule has 44 heavy (non-hydrogen) atoms. The Hall–Kier alpha value is -4.96. The molecule has 6 rings (SSSR count). The topological polar surface area (TPSA) is 46.6 Å². The molecule has 0 saturated carbocycles. The van der Waals surface area contributed by atoms with Gasteiger partial charge in [-0.15, -0.1) is 0 Å². The van der Waals surface area contributed by atoms with Crippen LogP contribution < -0.4 is 0 Å². The summed E-state index contributed by atoms with van der Waals surface area (Å²) in [5.41, 5.74) is 8.42. The highest BCUT2D eigenvalue weighted by Crippen LogP contribution is 2.41. The van der Waals surface area contributed by atoms with Crippen LogP contribution in [0.15, 0.2) is 133 Å². The monoisotopic (exact) mass is 579 g/mol. The van der Waals surface area contributed by atoms with E-state index in [0.29, 0.717) is 18.0 Å². The first-order valence-corrected chi connectivity index (χ1v) is 15.3. The number of hydrogen-bond acceptors (Lipinski definition) is 3. The minimum Gasteiger partial charge on any atom is -0.465 e. The summed E-state index contributed by atoms with van der Waals surface area (Å²) in [6.07, 6.45) is 3.24. The Bertz CT molecular complexity index is 1710. The fraction of sp³-hybridized carbons (Fsp3) is 0.200. The summed E-state index contributed by atoms with van der Waals surface area (Å²) in [5, 5.41) is 0. The van der Waals surface area contributed by atoms with Crippen molar-refractivity contribution in [3.8, 4) is 11.1 Å². The summed E-state index contributed by atoms with van der Waals surface area (Å²) >= 11 is 0. The van der Waals surface area contributed by atoms with Gasteiger partial charge in [0.25, 0.3) is 0 Å². The van der Waals surface area contributed by atoms with Crippen molar-refractivity contribution in [3.63, 3.8) is 0 Å². The molecule has 4 nitrogen and oxygen atoms in total. The van der Waals surface area contributed by atoms with Gasteiger partial charge < -0.3 is 9.64 Å². The number of nitrogens with zero attached hydrogens (tertiary/aromatic N) is 1. The normalized spacial score (nSPS) is 15.7. The van der Waals surface area contributed by atoms with E-state index in [0.717, 1.165) is 41.5 Å². The predicted octanol–water partition coefficient (Wildman–Crippen LogP) is 8.26. The number of aryl methyl sites for hydroxylation is 1. The minimum atomic E-state index is -0.366. The van der Waals surface area contributed by atoms with Crippen LogP contribution in [0, 0.1) is 5.92 Å². The largest absolute Gasteiger partial charge is 0.465 e. The number of carbonyl (C=O) groups is 2. The molecule has 0 N–H and O–H groups in total. The highest BCUT2D eigenvalue weighted by molar-refractivity contribution is 5.90. The highest BCUT2D eigenvalue weighted by atomic mass is 16.5. The Morgan fingerprint density at radius 3 is 2.09 bits per heavy atom. The standard InChI is InChI=1S/C40H37NO3/c1-44-40(43)33-23-20-32(21-24-33)36-18-10-9-17-34(36)27-38(42)41(28-30-14-6-3-7-15-30)39-35(26-29-12-4-2-5-13-29)25-22-31-16-8-11-19-37(31)39/h2-21,23-24,35,39H,22,25-28H2,1H3/t35-,39-/m0/s1. The number of esters is 1. The Kier molecular flexibility index (Phi) is 8.98. The van der Waals surface area contributed by atoms with Crippen LogP contribution in [0.1, 0.15) is 50.6 Å². The van der Waals surface area contributed by atoms with Crippen LogP contribution in [0.3, 0.4) is 0 Å². The van der Waals surface area contributed by atoms with Crippen molar-refractivity contribution in [3.05, 3.63) is 167 Å². The Morgan fingerprint density at radius 2 is 1.36 bits per heavy atom. The number of ether oxygens (including phenoxy) is 1. The SMILES string of the molecule is COC(=O)c1ccc(-c2ccccc2CC(=O)N(Cc2ccccc2)[C@@H]2c3ccccc3CC[C@H]2Cc2ccccc2)cc1. The zero-order valence-corrected chi connectivity index (χ0v) is 25.1. The number of amides is 1. The van der Waals surface area contributed by atoms with E-state index in [-0.39, 0.29) is 24.3 Å². The van der Waals surface area contributed by atoms with E-state index in [9.17, 15) is 9.59 Å². The van der Waals surface area contributed by atoms with Gasteiger partial charge in [-0.05, 0) is 76.3 Å². The van der Waals surface area contributed by atoms with Crippen molar-refractivity contribution in [1.29, 1.82) is 0 Å². The van der Waals surface area contributed by atoms with Gasteiger partial charge in [0.15, 0.2) is 0 Å². The minimum absolute atomic E-state index is 0.0423. The molecule has 1 amide bonds. The van der Waals surface area contributed by atoms with Crippen molar-refractivity contribution in [1.82, 2.24) is 4.90 Å². The van der Waals surface area contributed by atoms with E-state index in [1.165, 1.54) is 23.8 Å². The third-order valence-electron chi connectivity index (χ3n) is 8.77. The molecule has 5 aromatic carbocycles. The summed E-state index contributed by atoms with van der Waals surface area (Å²) < 4.78 is 4.87. The van der Waals surface area contributed by atoms with Crippen LogP contribution in [0.25, 0.3) is 11.1 Å². The molecule has 0 aromatic heterocycles. The van der Waals surface area contributed by atoms with E-state index < -0.39 is 0 Å². The number of methoxy groups -OCH3 is 1. The Morgan fingerprint density at radius 1 is 0.727 bits per heavy atom. The lowest BCUT2D eigenvalue weighted by atomic mass is 9.76. The number of rotatable bonds is 9. The molecule has 0 aliphatic heterocycles. The van der Waals surface area contributed by atoms with Crippen molar-refractivity contribution in [2.75, 3.05) is 7.11 Å². The summed E-state index contributed by atoms with van der Waals surface area (Å²) in [6.45, 7) is 0.542. The van der Waals surface area contributed by atoms with Crippen molar-refractivity contribution in [2.45, 2.75) is 38.3 Å². The van der Waals surface area contributed by atoms with Gasteiger partial charge in [-0.25, -0.2) is 4.79 Å². The summed E-state index contributed by atoms with van der Waals surface area (Å²) in [6, 6.07) is 45.1. The maximum Gasteiger partial charge on any atom is 0.337 e. The summed E-state index contributed by atoms with van der Waals surface area (Å²) in [4.78, 5) is 28.8. The van der Waals surface area contributed by atoms with Gasteiger partial charge in [0.2, 0.25) is 5.91 Å². The number of carbonyl (C=O) groups excluding carboxylic acids is 2. The first-order chi connectivity index (χ1) is 21.6.